The van der Waals surface area contributed by atoms with Crippen LogP contribution in [0.3, 0.4) is 0 Å². The number of H-pyrrole nitrogens is 1. The minimum absolute atomic E-state index is 0.224. The first kappa shape index (κ1) is 18.6. The zero-order chi connectivity index (χ0) is 18.4. The number of nitrogens with one attached hydrogen (secondary N) is 2. The van der Waals surface area contributed by atoms with Crippen LogP contribution in [0.1, 0.15) is 39.0 Å². The number of benzene rings is 1. The van der Waals surface area contributed by atoms with Crippen LogP contribution in [-0.2, 0) is 4.74 Å². The molecule has 134 valence electrons. The maximum absolute atomic E-state index is 12.4. The van der Waals surface area contributed by atoms with Crippen molar-refractivity contribution in [2.45, 2.75) is 20.8 Å². The molecular weight excluding hydrogens is 318 g/mol. The predicted molar refractivity (Wildman–Crippen MR) is 98.3 cm³/mol. The highest BCUT2D eigenvalue weighted by Gasteiger charge is 2.22. The molecule has 0 saturated heterocycles. The van der Waals surface area contributed by atoms with Gasteiger partial charge in [0.2, 0.25) is 0 Å². The van der Waals surface area contributed by atoms with Crippen LogP contribution in [0.2, 0.25) is 0 Å². The zero-order valence-electron chi connectivity index (χ0n) is 15.2. The Morgan fingerprint density at radius 2 is 1.88 bits per heavy atom. The van der Waals surface area contributed by atoms with Gasteiger partial charge in [-0.15, -0.1) is 0 Å². The third kappa shape index (κ3) is 4.41. The van der Waals surface area contributed by atoms with Crippen LogP contribution in [0.5, 0.6) is 0 Å². The molecule has 1 heterocycles. The minimum atomic E-state index is -0.406. The first-order chi connectivity index (χ1) is 12.0. The zero-order valence-corrected chi connectivity index (χ0v) is 15.2. The number of likely N-dealkylation sites (N-methyl/N-ethyl adjacent to an activating group) is 1. The number of para-hydroxylation sites is 1. The Labute approximate surface area is 148 Å². The molecule has 0 unspecified atom stereocenters. The van der Waals surface area contributed by atoms with Crippen LogP contribution in [0, 0.1) is 13.8 Å². The summed E-state index contributed by atoms with van der Waals surface area (Å²) in [6.07, 6.45) is 0. The van der Waals surface area contributed by atoms with E-state index in [9.17, 15) is 9.59 Å². The number of amides is 1. The Balaban J connectivity index is 1.97. The summed E-state index contributed by atoms with van der Waals surface area (Å²) < 4.78 is 5.05. The molecule has 0 radical (unpaired) electrons. The van der Waals surface area contributed by atoms with Crippen molar-refractivity contribution >= 4 is 17.6 Å². The van der Waals surface area contributed by atoms with E-state index in [0.717, 1.165) is 5.69 Å². The van der Waals surface area contributed by atoms with Crippen molar-refractivity contribution in [1.29, 1.82) is 0 Å². The van der Waals surface area contributed by atoms with Crippen LogP contribution in [0.15, 0.2) is 30.3 Å². The number of hydrogen-bond acceptors (Lipinski definition) is 4. The monoisotopic (exact) mass is 343 g/mol. The van der Waals surface area contributed by atoms with Crippen molar-refractivity contribution in [3.05, 3.63) is 52.8 Å². The SMILES string of the molecule is CCOC(=O)c1c(C)[nH]c(C(=O)NCCN(C)c2ccccc2)c1C. The van der Waals surface area contributed by atoms with Gasteiger partial charge in [0, 0.05) is 31.5 Å². The van der Waals surface area contributed by atoms with E-state index in [1.54, 1.807) is 20.8 Å². The molecule has 0 atom stereocenters. The molecule has 6 heteroatoms. The van der Waals surface area contributed by atoms with Crippen molar-refractivity contribution in [3.63, 3.8) is 0 Å². The summed E-state index contributed by atoms with van der Waals surface area (Å²) in [5, 5.41) is 2.89. The molecule has 2 N–H and O–H groups in total. The maximum atomic E-state index is 12.4. The second-order valence-corrected chi connectivity index (χ2v) is 5.86. The van der Waals surface area contributed by atoms with E-state index < -0.39 is 5.97 Å². The minimum Gasteiger partial charge on any atom is -0.462 e. The van der Waals surface area contributed by atoms with Gasteiger partial charge >= 0.3 is 5.97 Å². The molecule has 1 amide bonds. The molecular formula is C19H25N3O3. The highest BCUT2D eigenvalue weighted by atomic mass is 16.5. The summed E-state index contributed by atoms with van der Waals surface area (Å²) in [7, 11) is 1.98. The number of ether oxygens (including phenoxy) is 1. The fraction of sp³-hybridized carbons (Fsp3) is 0.368. The van der Waals surface area contributed by atoms with E-state index in [-0.39, 0.29) is 5.91 Å². The van der Waals surface area contributed by atoms with Crippen molar-refractivity contribution < 1.29 is 14.3 Å². The van der Waals surface area contributed by atoms with Crippen LogP contribution in [0.25, 0.3) is 0 Å². The average molecular weight is 343 g/mol. The summed E-state index contributed by atoms with van der Waals surface area (Å²) in [6.45, 7) is 6.75. The number of esters is 1. The Morgan fingerprint density at radius 3 is 2.52 bits per heavy atom. The maximum Gasteiger partial charge on any atom is 0.340 e. The standard InChI is InChI=1S/C19H25N3O3/c1-5-25-19(24)16-13(2)17(21-14(16)3)18(23)20-11-12-22(4)15-9-7-6-8-10-15/h6-10,21H,5,11-12H2,1-4H3,(H,20,23). The van der Waals surface area contributed by atoms with Crippen molar-refractivity contribution in [2.24, 2.45) is 0 Å². The van der Waals surface area contributed by atoms with E-state index in [4.69, 9.17) is 4.74 Å². The lowest BCUT2D eigenvalue weighted by atomic mass is 10.1. The molecule has 2 aromatic rings. The number of rotatable bonds is 7. The van der Waals surface area contributed by atoms with E-state index >= 15 is 0 Å². The molecule has 0 spiro atoms. The van der Waals surface area contributed by atoms with E-state index in [1.807, 2.05) is 37.4 Å². The normalized spacial score (nSPS) is 10.4. The molecule has 1 aromatic heterocycles. The van der Waals surface area contributed by atoms with Gasteiger partial charge in [-0.1, -0.05) is 18.2 Å². The number of aromatic nitrogens is 1. The highest BCUT2D eigenvalue weighted by Crippen LogP contribution is 2.19. The number of aromatic amines is 1. The van der Waals surface area contributed by atoms with Gasteiger partial charge in [0.15, 0.2) is 0 Å². The molecule has 1 aromatic carbocycles. The van der Waals surface area contributed by atoms with Gasteiger partial charge in [0.25, 0.3) is 5.91 Å². The Kier molecular flexibility index (Phi) is 6.22. The van der Waals surface area contributed by atoms with Gasteiger partial charge in [-0.05, 0) is 38.5 Å². The molecule has 0 aliphatic heterocycles. The summed E-state index contributed by atoms with van der Waals surface area (Å²) in [5.74, 6) is -0.630. The fourth-order valence-electron chi connectivity index (χ4n) is 2.72. The number of hydrogen-bond donors (Lipinski definition) is 2. The van der Waals surface area contributed by atoms with E-state index in [1.165, 1.54) is 0 Å². The largest absolute Gasteiger partial charge is 0.462 e. The summed E-state index contributed by atoms with van der Waals surface area (Å²) >= 11 is 0. The molecule has 0 saturated carbocycles. The van der Waals surface area contributed by atoms with E-state index in [0.29, 0.717) is 42.2 Å². The lowest BCUT2D eigenvalue weighted by molar-refractivity contribution is 0.0525. The third-order valence-electron chi connectivity index (χ3n) is 4.07. The van der Waals surface area contributed by atoms with E-state index in [2.05, 4.69) is 15.2 Å². The van der Waals surface area contributed by atoms with Crippen LogP contribution in [0.4, 0.5) is 5.69 Å². The molecule has 2 rings (SSSR count). The van der Waals surface area contributed by atoms with Crippen molar-refractivity contribution in [3.8, 4) is 0 Å². The first-order valence-electron chi connectivity index (χ1n) is 8.36. The number of aryl methyl sites for hydroxylation is 1. The van der Waals surface area contributed by atoms with Gasteiger partial charge in [-0.3, -0.25) is 4.79 Å². The number of carbonyl (C=O) groups is 2. The number of anilines is 1. The molecule has 0 fully saturated rings. The smallest absolute Gasteiger partial charge is 0.340 e. The average Bonchev–Trinajstić information content (AvgIpc) is 2.90. The van der Waals surface area contributed by atoms with Crippen LogP contribution >= 0.6 is 0 Å². The summed E-state index contributed by atoms with van der Waals surface area (Å²) in [5.41, 5.74) is 3.19. The Bertz CT molecular complexity index is 738. The first-order valence-corrected chi connectivity index (χ1v) is 8.36. The van der Waals surface area contributed by atoms with Gasteiger partial charge < -0.3 is 19.9 Å². The van der Waals surface area contributed by atoms with Gasteiger partial charge in [-0.2, -0.15) is 0 Å². The molecule has 25 heavy (non-hydrogen) atoms. The second-order valence-electron chi connectivity index (χ2n) is 5.86. The number of carbonyl (C=O) groups excluding carboxylic acids is 2. The Hall–Kier alpha value is -2.76. The van der Waals surface area contributed by atoms with Gasteiger partial charge in [0.1, 0.15) is 5.69 Å². The third-order valence-corrected chi connectivity index (χ3v) is 4.07. The van der Waals surface area contributed by atoms with Gasteiger partial charge in [-0.25, -0.2) is 4.79 Å². The topological polar surface area (TPSA) is 74.4 Å². The van der Waals surface area contributed by atoms with Gasteiger partial charge in [0.05, 0.1) is 12.2 Å². The molecule has 0 aliphatic carbocycles. The lowest BCUT2D eigenvalue weighted by Crippen LogP contribution is -2.33. The second kappa shape index (κ2) is 8.37. The Morgan fingerprint density at radius 1 is 1.20 bits per heavy atom. The summed E-state index contributed by atoms with van der Waals surface area (Å²) in [6, 6.07) is 9.97. The molecule has 0 aliphatic rings. The quantitative estimate of drug-likeness (QED) is 0.758. The van der Waals surface area contributed by atoms with Crippen LogP contribution < -0.4 is 10.2 Å². The van der Waals surface area contributed by atoms with Crippen LogP contribution in [-0.4, -0.2) is 43.6 Å². The fourth-order valence-corrected chi connectivity index (χ4v) is 2.72. The predicted octanol–water partition coefficient (Wildman–Crippen LogP) is 2.67. The lowest BCUT2D eigenvalue weighted by Gasteiger charge is -2.19. The van der Waals surface area contributed by atoms with Crippen molar-refractivity contribution in [2.75, 3.05) is 31.6 Å². The number of nitrogens with zero attached hydrogens (tertiary/aromatic N) is 1. The molecule has 6 nitrogen and oxygen atoms in total. The molecule has 0 bridgehead atoms. The summed E-state index contributed by atoms with van der Waals surface area (Å²) in [4.78, 5) is 29.5. The highest BCUT2D eigenvalue weighted by molar-refractivity contribution is 6.00. The van der Waals surface area contributed by atoms with Crippen molar-refractivity contribution in [1.82, 2.24) is 10.3 Å².